The highest BCUT2D eigenvalue weighted by Crippen LogP contribution is 2.42. The third-order valence-electron chi connectivity index (χ3n) is 3.01. The van der Waals surface area contributed by atoms with E-state index in [4.69, 9.17) is 4.74 Å². The van der Waals surface area contributed by atoms with Gasteiger partial charge in [0.25, 0.3) is 0 Å². The van der Waals surface area contributed by atoms with Gasteiger partial charge in [-0.2, -0.15) is 0 Å². The zero-order valence-electron chi connectivity index (χ0n) is 11.0. The molecule has 0 saturated carbocycles. The molecule has 1 aromatic carbocycles. The number of rotatable bonds is 2. The first-order chi connectivity index (χ1) is 8.45. The Morgan fingerprint density at radius 2 is 2.06 bits per heavy atom. The van der Waals surface area contributed by atoms with Gasteiger partial charge in [-0.1, -0.05) is 11.8 Å². The van der Waals surface area contributed by atoms with E-state index in [0.29, 0.717) is 17.3 Å². The SMILES string of the molecule is CCN(C)C1=C(C)Oc2c([O-])cc(C)cc2N1O. The summed E-state index contributed by atoms with van der Waals surface area (Å²) >= 11 is 0. The van der Waals surface area contributed by atoms with Crippen LogP contribution in [0.1, 0.15) is 19.4 Å². The van der Waals surface area contributed by atoms with Gasteiger partial charge >= 0.3 is 0 Å². The van der Waals surface area contributed by atoms with Crippen LogP contribution in [0.4, 0.5) is 5.69 Å². The van der Waals surface area contributed by atoms with E-state index in [0.717, 1.165) is 17.2 Å². The van der Waals surface area contributed by atoms with Crippen LogP contribution in [-0.2, 0) is 0 Å². The summed E-state index contributed by atoms with van der Waals surface area (Å²) in [5.74, 6) is 1.01. The summed E-state index contributed by atoms with van der Waals surface area (Å²) < 4.78 is 5.55. The maximum atomic E-state index is 11.8. The van der Waals surface area contributed by atoms with Crippen molar-refractivity contribution in [3.05, 3.63) is 29.3 Å². The maximum Gasteiger partial charge on any atom is 0.172 e. The summed E-state index contributed by atoms with van der Waals surface area (Å²) in [7, 11) is 1.85. The molecule has 1 aliphatic rings. The standard InChI is InChI=1S/C13H18N2O3/c1-5-14(4)13-9(3)18-12-10(15(13)17)6-8(2)7-11(12)16/h6-7,16-17H,5H2,1-4H3/p-1. The normalized spacial score (nSPS) is 14.4. The van der Waals surface area contributed by atoms with Crippen LogP contribution in [0.2, 0.25) is 0 Å². The van der Waals surface area contributed by atoms with Gasteiger partial charge in [0.15, 0.2) is 5.82 Å². The highest BCUT2D eigenvalue weighted by atomic mass is 16.5. The van der Waals surface area contributed by atoms with Crippen LogP contribution in [0.25, 0.3) is 0 Å². The molecule has 0 aromatic heterocycles. The number of benzene rings is 1. The van der Waals surface area contributed by atoms with Crippen molar-refractivity contribution in [2.24, 2.45) is 0 Å². The van der Waals surface area contributed by atoms with Crippen LogP contribution >= 0.6 is 0 Å². The highest BCUT2D eigenvalue weighted by Gasteiger charge is 2.26. The number of hydroxylamine groups is 1. The summed E-state index contributed by atoms with van der Waals surface area (Å²) in [6.45, 7) is 6.23. The highest BCUT2D eigenvalue weighted by molar-refractivity contribution is 5.68. The summed E-state index contributed by atoms with van der Waals surface area (Å²) in [6.07, 6.45) is 0. The first-order valence-electron chi connectivity index (χ1n) is 5.86. The molecule has 1 heterocycles. The minimum atomic E-state index is -0.221. The minimum Gasteiger partial charge on any atom is -0.870 e. The topological polar surface area (TPSA) is 59.0 Å². The molecule has 1 N–H and O–H groups in total. The summed E-state index contributed by atoms with van der Waals surface area (Å²) in [5.41, 5.74) is 1.18. The molecule has 5 nitrogen and oxygen atoms in total. The average Bonchev–Trinajstić information content (AvgIpc) is 2.30. The first kappa shape index (κ1) is 12.6. The fraction of sp³-hybridized carbons (Fsp3) is 0.385. The molecular formula is C13H17N2O3-. The lowest BCUT2D eigenvalue weighted by Crippen LogP contribution is -2.35. The molecule has 0 fully saturated rings. The molecule has 98 valence electrons. The second-order valence-corrected chi connectivity index (χ2v) is 4.42. The predicted octanol–water partition coefficient (Wildman–Crippen LogP) is 1.80. The van der Waals surface area contributed by atoms with E-state index in [1.165, 1.54) is 6.07 Å². The lowest BCUT2D eigenvalue weighted by atomic mass is 10.1. The van der Waals surface area contributed by atoms with Gasteiger partial charge in [0, 0.05) is 13.6 Å². The molecule has 2 rings (SSSR count). The fourth-order valence-electron chi connectivity index (χ4n) is 2.02. The predicted molar refractivity (Wildman–Crippen MR) is 66.5 cm³/mol. The van der Waals surface area contributed by atoms with Gasteiger partial charge in [0.05, 0.1) is 0 Å². The van der Waals surface area contributed by atoms with Gasteiger partial charge in [-0.3, -0.25) is 5.21 Å². The molecule has 0 unspecified atom stereocenters. The van der Waals surface area contributed by atoms with Gasteiger partial charge in [0.1, 0.15) is 17.2 Å². The summed E-state index contributed by atoms with van der Waals surface area (Å²) in [4.78, 5) is 1.85. The lowest BCUT2D eigenvalue weighted by Gasteiger charge is -2.35. The van der Waals surface area contributed by atoms with Crippen molar-refractivity contribution in [1.29, 1.82) is 0 Å². The van der Waals surface area contributed by atoms with E-state index < -0.39 is 0 Å². The Hall–Kier alpha value is -1.88. The summed E-state index contributed by atoms with van der Waals surface area (Å²) in [5, 5.41) is 23.1. The molecule has 0 spiro atoms. The molecule has 0 aliphatic carbocycles. The molecule has 0 saturated heterocycles. The number of hydrogen-bond donors (Lipinski definition) is 1. The number of ether oxygens (including phenoxy) is 1. The Labute approximate surface area is 106 Å². The van der Waals surface area contributed by atoms with E-state index in [1.807, 2.05) is 25.8 Å². The molecule has 0 atom stereocenters. The number of anilines is 1. The number of fused-ring (bicyclic) bond motifs is 1. The third kappa shape index (κ3) is 1.86. The van der Waals surface area contributed by atoms with Gasteiger partial charge in [-0.05, 0) is 32.4 Å². The van der Waals surface area contributed by atoms with E-state index >= 15 is 0 Å². The Kier molecular flexibility index (Phi) is 3.09. The van der Waals surface area contributed by atoms with Gasteiger partial charge < -0.3 is 14.7 Å². The summed E-state index contributed by atoms with van der Waals surface area (Å²) in [6, 6.07) is 3.22. The number of nitrogens with zero attached hydrogens (tertiary/aromatic N) is 2. The van der Waals surface area contributed by atoms with E-state index in [1.54, 1.807) is 13.0 Å². The molecule has 0 bridgehead atoms. The van der Waals surface area contributed by atoms with Crippen molar-refractivity contribution >= 4 is 5.69 Å². The number of allylic oxidation sites excluding steroid dienone is 1. The van der Waals surface area contributed by atoms with E-state index in [9.17, 15) is 10.3 Å². The second kappa shape index (κ2) is 4.42. The number of aryl methyl sites for hydroxylation is 1. The Morgan fingerprint density at radius 1 is 1.39 bits per heavy atom. The molecule has 18 heavy (non-hydrogen) atoms. The van der Waals surface area contributed by atoms with Crippen LogP contribution < -0.4 is 14.9 Å². The van der Waals surface area contributed by atoms with Crippen molar-refractivity contribution in [3.8, 4) is 11.5 Å². The van der Waals surface area contributed by atoms with Crippen molar-refractivity contribution < 1.29 is 15.1 Å². The lowest BCUT2D eigenvalue weighted by molar-refractivity contribution is -0.270. The van der Waals surface area contributed by atoms with Crippen molar-refractivity contribution in [2.45, 2.75) is 20.8 Å². The van der Waals surface area contributed by atoms with Crippen LogP contribution in [0.15, 0.2) is 23.7 Å². The molecule has 1 aromatic rings. The smallest absolute Gasteiger partial charge is 0.172 e. The van der Waals surface area contributed by atoms with Gasteiger partial charge in [-0.25, -0.2) is 5.06 Å². The fourth-order valence-corrected chi connectivity index (χ4v) is 2.02. The zero-order valence-corrected chi connectivity index (χ0v) is 11.0. The van der Waals surface area contributed by atoms with Gasteiger partial charge in [-0.15, -0.1) is 0 Å². The third-order valence-corrected chi connectivity index (χ3v) is 3.01. The number of hydrogen-bond acceptors (Lipinski definition) is 5. The van der Waals surface area contributed by atoms with Crippen molar-refractivity contribution in [3.63, 3.8) is 0 Å². The monoisotopic (exact) mass is 249 g/mol. The molecular weight excluding hydrogens is 232 g/mol. The van der Waals surface area contributed by atoms with Crippen LogP contribution in [0, 0.1) is 6.92 Å². The quantitative estimate of drug-likeness (QED) is 0.866. The first-order valence-corrected chi connectivity index (χ1v) is 5.86. The second-order valence-electron chi connectivity index (χ2n) is 4.42. The Morgan fingerprint density at radius 3 is 2.67 bits per heavy atom. The van der Waals surface area contributed by atoms with Gasteiger partial charge in [0.2, 0.25) is 0 Å². The van der Waals surface area contributed by atoms with Crippen LogP contribution in [0.3, 0.4) is 0 Å². The van der Waals surface area contributed by atoms with Crippen molar-refractivity contribution in [2.75, 3.05) is 18.7 Å². The van der Waals surface area contributed by atoms with Crippen LogP contribution in [0.5, 0.6) is 11.5 Å². The Balaban J connectivity index is 2.53. The van der Waals surface area contributed by atoms with E-state index in [-0.39, 0.29) is 11.5 Å². The molecule has 0 amide bonds. The molecule has 0 radical (unpaired) electrons. The molecule has 5 heteroatoms. The Bertz CT molecular complexity index is 511. The average molecular weight is 249 g/mol. The largest absolute Gasteiger partial charge is 0.870 e. The van der Waals surface area contributed by atoms with E-state index in [2.05, 4.69) is 0 Å². The maximum absolute atomic E-state index is 11.8. The van der Waals surface area contributed by atoms with Crippen LogP contribution in [-0.4, -0.2) is 23.7 Å². The zero-order chi connectivity index (χ0) is 13.4. The minimum absolute atomic E-state index is 0.175. The molecule has 1 aliphatic heterocycles. The van der Waals surface area contributed by atoms with Crippen molar-refractivity contribution in [1.82, 2.24) is 4.90 Å².